The minimum atomic E-state index is 0.699. The number of aromatic nitrogens is 1. The second kappa shape index (κ2) is 3.88. The SMILES string of the molecule is CCNC1CC(c2ccccn2)C1. The Bertz CT molecular complexity index is 252. The standard InChI is InChI=1S/C11H16N2/c1-2-12-10-7-9(8-10)11-5-3-4-6-13-11/h3-6,9-10,12H,2,7-8H2,1H3. The van der Waals surface area contributed by atoms with Gasteiger partial charge in [0.05, 0.1) is 0 Å². The molecule has 0 atom stereocenters. The molecule has 2 rings (SSSR count). The molecule has 1 aromatic heterocycles. The van der Waals surface area contributed by atoms with Crippen molar-refractivity contribution in [1.82, 2.24) is 10.3 Å². The lowest BCUT2D eigenvalue weighted by atomic mass is 9.78. The van der Waals surface area contributed by atoms with Gasteiger partial charge < -0.3 is 5.32 Å². The van der Waals surface area contributed by atoms with Gasteiger partial charge in [-0.25, -0.2) is 0 Å². The van der Waals surface area contributed by atoms with E-state index < -0.39 is 0 Å². The summed E-state index contributed by atoms with van der Waals surface area (Å²) in [6.45, 7) is 3.24. The van der Waals surface area contributed by atoms with E-state index in [2.05, 4.69) is 29.4 Å². The Hall–Kier alpha value is -0.890. The topological polar surface area (TPSA) is 24.9 Å². The van der Waals surface area contributed by atoms with Crippen LogP contribution in [-0.4, -0.2) is 17.6 Å². The number of hydrogen-bond acceptors (Lipinski definition) is 2. The molecule has 1 N–H and O–H groups in total. The lowest BCUT2D eigenvalue weighted by molar-refractivity contribution is 0.291. The molecule has 0 aliphatic heterocycles. The second-order valence-electron chi connectivity index (χ2n) is 3.68. The number of hydrogen-bond donors (Lipinski definition) is 1. The van der Waals surface area contributed by atoms with Gasteiger partial charge >= 0.3 is 0 Å². The monoisotopic (exact) mass is 176 g/mol. The van der Waals surface area contributed by atoms with Gasteiger partial charge in [0.1, 0.15) is 0 Å². The maximum absolute atomic E-state index is 4.37. The van der Waals surface area contributed by atoms with Crippen molar-refractivity contribution in [3.05, 3.63) is 30.1 Å². The number of nitrogens with zero attached hydrogens (tertiary/aromatic N) is 1. The van der Waals surface area contributed by atoms with E-state index in [1.54, 1.807) is 0 Å². The van der Waals surface area contributed by atoms with Crippen LogP contribution in [0.3, 0.4) is 0 Å². The molecule has 2 nitrogen and oxygen atoms in total. The second-order valence-corrected chi connectivity index (χ2v) is 3.68. The first kappa shape index (κ1) is 8.70. The molecule has 0 saturated heterocycles. The molecule has 0 aromatic carbocycles. The molecular formula is C11H16N2. The van der Waals surface area contributed by atoms with Gasteiger partial charge in [0.25, 0.3) is 0 Å². The van der Waals surface area contributed by atoms with Gasteiger partial charge in [-0.05, 0) is 31.5 Å². The van der Waals surface area contributed by atoms with E-state index in [0.29, 0.717) is 5.92 Å². The normalized spacial score (nSPS) is 26.8. The molecule has 0 bridgehead atoms. The fourth-order valence-corrected chi connectivity index (χ4v) is 1.93. The van der Waals surface area contributed by atoms with E-state index in [1.165, 1.54) is 18.5 Å². The Morgan fingerprint density at radius 1 is 1.46 bits per heavy atom. The third-order valence-electron chi connectivity index (χ3n) is 2.74. The van der Waals surface area contributed by atoms with E-state index in [0.717, 1.165) is 12.6 Å². The third kappa shape index (κ3) is 1.89. The quantitative estimate of drug-likeness (QED) is 0.761. The molecule has 1 fully saturated rings. The molecular weight excluding hydrogens is 160 g/mol. The van der Waals surface area contributed by atoms with E-state index in [9.17, 15) is 0 Å². The van der Waals surface area contributed by atoms with Gasteiger partial charge in [-0.2, -0.15) is 0 Å². The first-order chi connectivity index (χ1) is 6.40. The summed E-state index contributed by atoms with van der Waals surface area (Å²) in [5, 5.41) is 3.45. The summed E-state index contributed by atoms with van der Waals surface area (Å²) in [6.07, 6.45) is 4.39. The van der Waals surface area contributed by atoms with Gasteiger partial charge in [0, 0.05) is 23.9 Å². The van der Waals surface area contributed by atoms with Crippen molar-refractivity contribution in [2.75, 3.05) is 6.54 Å². The third-order valence-corrected chi connectivity index (χ3v) is 2.74. The molecule has 0 spiro atoms. The predicted molar refractivity (Wildman–Crippen MR) is 53.7 cm³/mol. The van der Waals surface area contributed by atoms with Crippen LogP contribution in [-0.2, 0) is 0 Å². The Morgan fingerprint density at radius 3 is 2.92 bits per heavy atom. The number of nitrogens with one attached hydrogen (secondary N) is 1. The summed E-state index contributed by atoms with van der Waals surface area (Å²) in [6, 6.07) is 6.91. The Balaban J connectivity index is 1.87. The zero-order chi connectivity index (χ0) is 9.10. The van der Waals surface area contributed by atoms with Crippen LogP contribution in [0.2, 0.25) is 0 Å². The molecule has 0 radical (unpaired) electrons. The fourth-order valence-electron chi connectivity index (χ4n) is 1.93. The van der Waals surface area contributed by atoms with E-state index in [1.807, 2.05) is 12.3 Å². The molecule has 2 heteroatoms. The summed E-state index contributed by atoms with van der Waals surface area (Å²) < 4.78 is 0. The van der Waals surface area contributed by atoms with Crippen LogP contribution in [0.4, 0.5) is 0 Å². The van der Waals surface area contributed by atoms with E-state index in [4.69, 9.17) is 0 Å². The minimum absolute atomic E-state index is 0.699. The van der Waals surface area contributed by atoms with Crippen molar-refractivity contribution >= 4 is 0 Å². The van der Waals surface area contributed by atoms with Gasteiger partial charge in [-0.3, -0.25) is 4.98 Å². The number of rotatable bonds is 3. The zero-order valence-corrected chi connectivity index (χ0v) is 8.03. The van der Waals surface area contributed by atoms with Gasteiger partial charge in [0.15, 0.2) is 0 Å². The average Bonchev–Trinajstić information content (AvgIpc) is 2.12. The number of pyridine rings is 1. The van der Waals surface area contributed by atoms with Crippen LogP contribution in [0.25, 0.3) is 0 Å². The fraction of sp³-hybridized carbons (Fsp3) is 0.545. The van der Waals surface area contributed by atoms with Gasteiger partial charge in [0.2, 0.25) is 0 Å². The van der Waals surface area contributed by atoms with Crippen molar-refractivity contribution in [2.24, 2.45) is 0 Å². The molecule has 1 aromatic rings. The van der Waals surface area contributed by atoms with Crippen LogP contribution in [0.15, 0.2) is 24.4 Å². The highest BCUT2D eigenvalue weighted by Crippen LogP contribution is 2.35. The zero-order valence-electron chi connectivity index (χ0n) is 8.03. The summed E-state index contributed by atoms with van der Waals surface area (Å²) >= 11 is 0. The van der Waals surface area contributed by atoms with Crippen molar-refractivity contribution in [1.29, 1.82) is 0 Å². The van der Waals surface area contributed by atoms with Crippen molar-refractivity contribution in [3.8, 4) is 0 Å². The Labute approximate surface area is 79.4 Å². The van der Waals surface area contributed by atoms with Crippen molar-refractivity contribution < 1.29 is 0 Å². The highest BCUT2D eigenvalue weighted by atomic mass is 14.9. The molecule has 0 unspecified atom stereocenters. The summed E-state index contributed by atoms with van der Waals surface area (Å²) in [7, 11) is 0. The largest absolute Gasteiger partial charge is 0.314 e. The first-order valence-electron chi connectivity index (χ1n) is 5.04. The smallest absolute Gasteiger partial charge is 0.0435 e. The van der Waals surface area contributed by atoms with Gasteiger partial charge in [-0.15, -0.1) is 0 Å². The molecule has 0 amide bonds. The predicted octanol–water partition coefficient (Wildman–Crippen LogP) is 1.94. The lowest BCUT2D eigenvalue weighted by Gasteiger charge is -2.35. The van der Waals surface area contributed by atoms with E-state index in [-0.39, 0.29) is 0 Å². The highest BCUT2D eigenvalue weighted by Gasteiger charge is 2.29. The first-order valence-corrected chi connectivity index (χ1v) is 5.04. The van der Waals surface area contributed by atoms with Crippen LogP contribution in [0.5, 0.6) is 0 Å². The van der Waals surface area contributed by atoms with Crippen LogP contribution < -0.4 is 5.32 Å². The van der Waals surface area contributed by atoms with Crippen LogP contribution in [0, 0.1) is 0 Å². The van der Waals surface area contributed by atoms with Crippen molar-refractivity contribution in [2.45, 2.75) is 31.7 Å². The lowest BCUT2D eigenvalue weighted by Crippen LogP contribution is -2.40. The molecule has 1 heterocycles. The minimum Gasteiger partial charge on any atom is -0.314 e. The molecule has 1 saturated carbocycles. The van der Waals surface area contributed by atoms with Crippen LogP contribution >= 0.6 is 0 Å². The molecule has 70 valence electrons. The van der Waals surface area contributed by atoms with E-state index >= 15 is 0 Å². The van der Waals surface area contributed by atoms with Crippen LogP contribution in [0.1, 0.15) is 31.4 Å². The Morgan fingerprint density at radius 2 is 2.31 bits per heavy atom. The highest BCUT2D eigenvalue weighted by molar-refractivity contribution is 5.14. The van der Waals surface area contributed by atoms with Crippen molar-refractivity contribution in [3.63, 3.8) is 0 Å². The molecule has 13 heavy (non-hydrogen) atoms. The maximum Gasteiger partial charge on any atom is 0.0435 e. The average molecular weight is 176 g/mol. The molecule has 1 aliphatic carbocycles. The maximum atomic E-state index is 4.37. The Kier molecular flexibility index (Phi) is 2.60. The van der Waals surface area contributed by atoms with Gasteiger partial charge in [-0.1, -0.05) is 13.0 Å². The summed E-state index contributed by atoms with van der Waals surface area (Å²) in [5.41, 5.74) is 1.26. The molecule has 1 aliphatic rings. The summed E-state index contributed by atoms with van der Waals surface area (Å²) in [5.74, 6) is 0.699. The summed E-state index contributed by atoms with van der Waals surface area (Å²) in [4.78, 5) is 4.37.